The molecular weight excluding hydrogens is 252 g/mol. The number of β-amino-alcohol motifs (C(OH)–C–C–N with tert-alkyl or cyclic N) is 1. The second-order valence-electron chi connectivity index (χ2n) is 4.57. The van der Waals surface area contributed by atoms with E-state index in [-0.39, 0.29) is 24.1 Å². The van der Waals surface area contributed by atoms with E-state index in [0.717, 1.165) is 11.0 Å². The summed E-state index contributed by atoms with van der Waals surface area (Å²) in [6.07, 6.45) is 0.598. The molecule has 0 aliphatic carbocycles. The summed E-state index contributed by atoms with van der Waals surface area (Å²) in [7, 11) is 1.55. The first-order chi connectivity index (χ1) is 8.90. The van der Waals surface area contributed by atoms with Crippen LogP contribution in [-0.2, 0) is 11.8 Å². The summed E-state index contributed by atoms with van der Waals surface area (Å²) in [6.45, 7) is -0.0367. The van der Waals surface area contributed by atoms with E-state index in [2.05, 4.69) is 0 Å². The number of rotatable bonds is 2. The van der Waals surface area contributed by atoms with Crippen LogP contribution in [0.3, 0.4) is 0 Å². The molecule has 102 valence electrons. The van der Waals surface area contributed by atoms with Gasteiger partial charge in [-0.15, -0.1) is 0 Å². The number of carbonyl (C=O) groups is 2. The molecule has 1 aliphatic heterocycles. The number of nitrogens with zero attached hydrogens (tertiary/aromatic N) is 2. The molecule has 2 rings (SSSR count). The standard InChI is InChI=1S/C12H14N2O5/c1-13-3-2-7(4-10(13)16)11(17)14-6-8(15)5-9(14)12(18)19/h2-4,8-9,15H,5-6H2,1H3,(H,18,19)/t8-,9+/m1/s1. The Kier molecular flexibility index (Phi) is 3.39. The molecule has 7 heteroatoms. The van der Waals surface area contributed by atoms with Gasteiger partial charge in [0.1, 0.15) is 6.04 Å². The zero-order valence-electron chi connectivity index (χ0n) is 10.3. The summed E-state index contributed by atoms with van der Waals surface area (Å²) in [5, 5.41) is 18.5. The number of carboxylic acids is 1. The van der Waals surface area contributed by atoms with E-state index in [1.165, 1.54) is 16.8 Å². The third-order valence-corrected chi connectivity index (χ3v) is 3.18. The normalized spacial score (nSPS) is 22.5. The fraction of sp³-hybridized carbons (Fsp3) is 0.417. The quantitative estimate of drug-likeness (QED) is 0.718. The minimum atomic E-state index is -1.16. The van der Waals surface area contributed by atoms with Crippen molar-refractivity contribution in [1.29, 1.82) is 0 Å². The maximum atomic E-state index is 12.2. The van der Waals surface area contributed by atoms with Crippen molar-refractivity contribution in [2.75, 3.05) is 6.54 Å². The maximum Gasteiger partial charge on any atom is 0.326 e. The number of aliphatic hydroxyl groups excluding tert-OH is 1. The molecule has 0 spiro atoms. The molecule has 1 amide bonds. The molecule has 1 saturated heterocycles. The van der Waals surface area contributed by atoms with Gasteiger partial charge in [0, 0.05) is 37.8 Å². The lowest BCUT2D eigenvalue weighted by molar-refractivity contribution is -0.141. The molecule has 19 heavy (non-hydrogen) atoms. The fourth-order valence-electron chi connectivity index (χ4n) is 2.12. The van der Waals surface area contributed by atoms with Gasteiger partial charge in [0.05, 0.1) is 6.10 Å². The average molecular weight is 266 g/mol. The van der Waals surface area contributed by atoms with E-state index < -0.39 is 24.0 Å². The average Bonchev–Trinajstić information content (AvgIpc) is 2.74. The van der Waals surface area contributed by atoms with Crippen molar-refractivity contribution < 1.29 is 19.8 Å². The van der Waals surface area contributed by atoms with Gasteiger partial charge in [-0.1, -0.05) is 0 Å². The van der Waals surface area contributed by atoms with E-state index in [1.807, 2.05) is 0 Å². The predicted molar refractivity (Wildman–Crippen MR) is 64.8 cm³/mol. The summed E-state index contributed by atoms with van der Waals surface area (Å²) in [5.74, 6) is -1.71. The summed E-state index contributed by atoms with van der Waals surface area (Å²) in [6, 6.07) is 1.56. The Bertz CT molecular complexity index is 580. The summed E-state index contributed by atoms with van der Waals surface area (Å²) < 4.78 is 1.31. The van der Waals surface area contributed by atoms with Crippen molar-refractivity contribution in [3.8, 4) is 0 Å². The van der Waals surface area contributed by atoms with E-state index in [9.17, 15) is 19.5 Å². The van der Waals surface area contributed by atoms with E-state index in [1.54, 1.807) is 7.05 Å². The molecule has 2 atom stereocenters. The van der Waals surface area contributed by atoms with Gasteiger partial charge >= 0.3 is 5.97 Å². The van der Waals surface area contributed by atoms with Crippen molar-refractivity contribution in [3.63, 3.8) is 0 Å². The number of hydrogen-bond acceptors (Lipinski definition) is 4. The Hall–Kier alpha value is -2.15. The lowest BCUT2D eigenvalue weighted by Crippen LogP contribution is -2.41. The van der Waals surface area contributed by atoms with E-state index in [4.69, 9.17) is 5.11 Å². The summed E-state index contributed by atoms with van der Waals surface area (Å²) in [5.41, 5.74) is -0.221. The van der Waals surface area contributed by atoms with Gasteiger partial charge in [-0.25, -0.2) is 4.79 Å². The lowest BCUT2D eigenvalue weighted by Gasteiger charge is -2.21. The highest BCUT2D eigenvalue weighted by atomic mass is 16.4. The molecule has 0 radical (unpaired) electrons. The fourth-order valence-corrected chi connectivity index (χ4v) is 2.12. The van der Waals surface area contributed by atoms with Gasteiger partial charge in [0.15, 0.2) is 0 Å². The van der Waals surface area contributed by atoms with Crippen LogP contribution in [0.15, 0.2) is 23.1 Å². The number of hydrogen-bond donors (Lipinski definition) is 2. The second kappa shape index (κ2) is 4.85. The molecule has 2 N–H and O–H groups in total. The Morgan fingerprint density at radius 1 is 1.42 bits per heavy atom. The highest BCUT2D eigenvalue weighted by Crippen LogP contribution is 2.20. The van der Waals surface area contributed by atoms with Gasteiger partial charge in [0.25, 0.3) is 11.5 Å². The maximum absolute atomic E-state index is 12.2. The van der Waals surface area contributed by atoms with Crippen LogP contribution in [0.2, 0.25) is 0 Å². The van der Waals surface area contributed by atoms with Crippen LogP contribution in [0.4, 0.5) is 0 Å². The smallest absolute Gasteiger partial charge is 0.326 e. The molecular formula is C12H14N2O5. The van der Waals surface area contributed by atoms with Crippen molar-refractivity contribution in [1.82, 2.24) is 9.47 Å². The second-order valence-corrected chi connectivity index (χ2v) is 4.57. The molecule has 0 unspecified atom stereocenters. The van der Waals surface area contributed by atoms with Gasteiger partial charge < -0.3 is 19.7 Å². The summed E-state index contributed by atoms with van der Waals surface area (Å²) >= 11 is 0. The Balaban J connectivity index is 2.30. The molecule has 0 aromatic carbocycles. The number of carboxylic acid groups (broad SMARTS) is 1. The lowest BCUT2D eigenvalue weighted by atomic mass is 10.2. The van der Waals surface area contributed by atoms with Gasteiger partial charge in [-0.05, 0) is 6.07 Å². The number of carbonyl (C=O) groups excluding carboxylic acids is 1. The number of aromatic nitrogens is 1. The van der Waals surface area contributed by atoms with E-state index >= 15 is 0 Å². The van der Waals surface area contributed by atoms with E-state index in [0.29, 0.717) is 0 Å². The number of amides is 1. The highest BCUT2D eigenvalue weighted by Gasteiger charge is 2.39. The Morgan fingerprint density at radius 3 is 2.68 bits per heavy atom. The Morgan fingerprint density at radius 2 is 2.11 bits per heavy atom. The Labute approximate surface area is 108 Å². The predicted octanol–water partition coefficient (Wildman–Crippen LogP) is -0.955. The number of aliphatic hydroxyl groups is 1. The van der Waals surface area contributed by atoms with Gasteiger partial charge in [0.2, 0.25) is 0 Å². The van der Waals surface area contributed by atoms with Crippen LogP contribution in [0.1, 0.15) is 16.8 Å². The SMILES string of the molecule is Cn1ccc(C(=O)N2C[C@H](O)C[C@H]2C(=O)O)cc1=O. The monoisotopic (exact) mass is 266 g/mol. The first-order valence-electron chi connectivity index (χ1n) is 5.78. The minimum absolute atomic E-state index is 0.00587. The van der Waals surface area contributed by atoms with Crippen molar-refractivity contribution in [2.24, 2.45) is 7.05 Å². The molecule has 2 heterocycles. The van der Waals surface area contributed by atoms with Crippen LogP contribution in [0.25, 0.3) is 0 Å². The van der Waals surface area contributed by atoms with Gasteiger partial charge in [-0.2, -0.15) is 0 Å². The van der Waals surface area contributed by atoms with Crippen LogP contribution in [0, 0.1) is 0 Å². The van der Waals surface area contributed by atoms with Crippen LogP contribution < -0.4 is 5.56 Å². The third-order valence-electron chi connectivity index (χ3n) is 3.18. The van der Waals surface area contributed by atoms with Crippen LogP contribution in [0.5, 0.6) is 0 Å². The number of aryl methyl sites for hydroxylation is 1. The largest absolute Gasteiger partial charge is 0.480 e. The first kappa shape index (κ1) is 13.3. The van der Waals surface area contributed by atoms with Crippen LogP contribution >= 0.6 is 0 Å². The molecule has 0 saturated carbocycles. The number of likely N-dealkylation sites (tertiary alicyclic amines) is 1. The van der Waals surface area contributed by atoms with Gasteiger partial charge in [-0.3, -0.25) is 9.59 Å². The minimum Gasteiger partial charge on any atom is -0.480 e. The number of aliphatic carboxylic acids is 1. The first-order valence-corrected chi connectivity index (χ1v) is 5.78. The van der Waals surface area contributed by atoms with Crippen molar-refractivity contribution >= 4 is 11.9 Å². The number of pyridine rings is 1. The van der Waals surface area contributed by atoms with Crippen molar-refractivity contribution in [3.05, 3.63) is 34.2 Å². The third kappa shape index (κ3) is 2.50. The molecule has 1 aromatic rings. The topological polar surface area (TPSA) is 99.8 Å². The molecule has 1 fully saturated rings. The molecule has 7 nitrogen and oxygen atoms in total. The summed E-state index contributed by atoms with van der Waals surface area (Å²) in [4.78, 5) is 35.8. The molecule has 0 bridgehead atoms. The molecule has 1 aliphatic rings. The zero-order chi connectivity index (χ0) is 14.2. The highest BCUT2D eigenvalue weighted by molar-refractivity contribution is 5.96. The van der Waals surface area contributed by atoms with Crippen molar-refractivity contribution in [2.45, 2.75) is 18.6 Å². The zero-order valence-corrected chi connectivity index (χ0v) is 10.3. The molecule has 1 aromatic heterocycles. The van der Waals surface area contributed by atoms with Crippen LogP contribution in [-0.4, -0.2) is 50.2 Å².